The Labute approximate surface area is 122 Å². The first kappa shape index (κ1) is 14.5. The van der Waals surface area contributed by atoms with Gasteiger partial charge in [0.1, 0.15) is 0 Å². The van der Waals surface area contributed by atoms with Crippen molar-refractivity contribution in [2.24, 2.45) is 0 Å². The van der Waals surface area contributed by atoms with Gasteiger partial charge in [0.05, 0.1) is 0 Å². The van der Waals surface area contributed by atoms with Crippen LogP contribution in [0.5, 0.6) is 0 Å². The molecule has 100 valence electrons. The van der Waals surface area contributed by atoms with Gasteiger partial charge in [0.25, 0.3) is 0 Å². The van der Waals surface area contributed by atoms with Gasteiger partial charge in [-0.2, -0.15) is 0 Å². The van der Waals surface area contributed by atoms with E-state index in [9.17, 15) is 0 Å². The summed E-state index contributed by atoms with van der Waals surface area (Å²) in [4.78, 5) is 0. The van der Waals surface area contributed by atoms with Crippen molar-refractivity contribution in [2.75, 3.05) is 0 Å². The fourth-order valence-corrected chi connectivity index (χ4v) is 4.49. The monoisotopic (exact) mass is 278 g/mol. The van der Waals surface area contributed by atoms with Crippen LogP contribution in [0.25, 0.3) is 0 Å². The summed E-state index contributed by atoms with van der Waals surface area (Å²) in [7, 11) is -0.523. The van der Waals surface area contributed by atoms with E-state index >= 15 is 0 Å². The molecule has 2 aromatic rings. The summed E-state index contributed by atoms with van der Waals surface area (Å²) < 4.78 is 0. The van der Waals surface area contributed by atoms with Crippen LogP contribution in [0.4, 0.5) is 0 Å². The average molecular weight is 278 g/mol. The van der Waals surface area contributed by atoms with E-state index in [1.54, 1.807) is 0 Å². The molecule has 0 saturated carbocycles. The SMILES string of the molecule is C=C/C=C(\C=C/C)P(c1ccccc1)c1ccccc1. The van der Waals surface area contributed by atoms with E-state index in [-0.39, 0.29) is 0 Å². The fraction of sp³-hybridized carbons (Fsp3) is 0.0526. The molecule has 0 N–H and O–H groups in total. The molecule has 1 heteroatoms. The molecule has 0 heterocycles. The molecule has 0 aliphatic heterocycles. The zero-order valence-electron chi connectivity index (χ0n) is 11.7. The Morgan fingerprint density at radius 3 is 1.80 bits per heavy atom. The third-order valence-corrected chi connectivity index (χ3v) is 5.36. The van der Waals surface area contributed by atoms with Gasteiger partial charge in [-0.1, -0.05) is 91.5 Å². The summed E-state index contributed by atoms with van der Waals surface area (Å²) in [6.07, 6.45) is 8.27. The number of benzene rings is 2. The molecule has 20 heavy (non-hydrogen) atoms. The second kappa shape index (κ2) is 7.62. The highest BCUT2D eigenvalue weighted by atomic mass is 31.1. The van der Waals surface area contributed by atoms with Crippen molar-refractivity contribution in [3.8, 4) is 0 Å². The topological polar surface area (TPSA) is 0 Å². The summed E-state index contributed by atoms with van der Waals surface area (Å²) >= 11 is 0. The maximum Gasteiger partial charge on any atom is -0.0134 e. The molecule has 0 saturated heterocycles. The molecule has 0 spiro atoms. The summed E-state index contributed by atoms with van der Waals surface area (Å²) in [5, 5.41) is 4.04. The number of hydrogen-bond donors (Lipinski definition) is 0. The van der Waals surface area contributed by atoms with Crippen molar-refractivity contribution in [1.29, 1.82) is 0 Å². The normalized spacial score (nSPS) is 12.0. The van der Waals surface area contributed by atoms with Gasteiger partial charge in [-0.3, -0.25) is 0 Å². The third kappa shape index (κ3) is 3.56. The lowest BCUT2D eigenvalue weighted by atomic mass is 10.4. The molecule has 0 nitrogen and oxygen atoms in total. The van der Waals surface area contributed by atoms with Gasteiger partial charge in [-0.25, -0.2) is 0 Å². The fourth-order valence-electron chi connectivity index (χ4n) is 2.10. The standard InChI is InChI=1S/C19H19P/c1-3-11-17(12-4-2)20(18-13-7-5-8-14-18)19-15-9-6-10-16-19/h3-16H,1H2,2H3/b12-4-,17-11+. The Balaban J connectivity index is 2.55. The first-order chi connectivity index (χ1) is 9.86. The first-order valence-electron chi connectivity index (χ1n) is 6.72. The summed E-state index contributed by atoms with van der Waals surface area (Å²) in [5.74, 6) is 0. The van der Waals surface area contributed by atoms with Crippen LogP contribution in [0.1, 0.15) is 6.92 Å². The number of hydrogen-bond acceptors (Lipinski definition) is 0. The predicted molar refractivity (Wildman–Crippen MR) is 92.2 cm³/mol. The smallest absolute Gasteiger partial charge is 0.0134 e. The minimum absolute atomic E-state index is 0.523. The quantitative estimate of drug-likeness (QED) is 0.546. The number of rotatable bonds is 5. The minimum Gasteiger partial charge on any atom is -0.0990 e. The Kier molecular flexibility index (Phi) is 5.53. The Morgan fingerprint density at radius 2 is 1.40 bits per heavy atom. The molecule has 0 atom stereocenters. The molecule has 0 unspecified atom stereocenters. The van der Waals surface area contributed by atoms with Crippen LogP contribution < -0.4 is 10.6 Å². The van der Waals surface area contributed by atoms with Crippen LogP contribution in [0.2, 0.25) is 0 Å². The van der Waals surface area contributed by atoms with Crippen LogP contribution in [0.15, 0.2) is 96.9 Å². The van der Waals surface area contributed by atoms with Crippen molar-refractivity contribution < 1.29 is 0 Å². The molecule has 2 rings (SSSR count). The van der Waals surface area contributed by atoms with Crippen molar-refractivity contribution in [3.05, 3.63) is 96.9 Å². The second-order valence-corrected chi connectivity index (χ2v) is 6.55. The van der Waals surface area contributed by atoms with Crippen LogP contribution in [0.3, 0.4) is 0 Å². The number of allylic oxidation sites excluding steroid dienone is 5. The highest BCUT2D eigenvalue weighted by Crippen LogP contribution is 2.43. The maximum absolute atomic E-state index is 3.85. The molecule has 0 aromatic heterocycles. The van der Waals surface area contributed by atoms with Gasteiger partial charge in [0, 0.05) is 0 Å². The molecule has 0 fully saturated rings. The lowest BCUT2D eigenvalue weighted by Crippen LogP contribution is -2.12. The molecular weight excluding hydrogens is 259 g/mol. The van der Waals surface area contributed by atoms with Gasteiger partial charge in [0.2, 0.25) is 0 Å². The van der Waals surface area contributed by atoms with Crippen molar-refractivity contribution in [2.45, 2.75) is 6.92 Å². The van der Waals surface area contributed by atoms with Gasteiger partial charge in [-0.15, -0.1) is 0 Å². The van der Waals surface area contributed by atoms with E-state index < -0.39 is 7.92 Å². The van der Waals surface area contributed by atoms with E-state index in [1.807, 2.05) is 6.08 Å². The van der Waals surface area contributed by atoms with Gasteiger partial charge in [-0.05, 0) is 30.8 Å². The molecule has 0 bridgehead atoms. The van der Waals surface area contributed by atoms with Gasteiger partial charge in [0.15, 0.2) is 0 Å². The largest absolute Gasteiger partial charge is 0.0990 e. The van der Waals surface area contributed by atoms with Gasteiger partial charge >= 0.3 is 0 Å². The van der Waals surface area contributed by atoms with E-state index in [0.717, 1.165) is 0 Å². The third-order valence-electron chi connectivity index (χ3n) is 2.91. The van der Waals surface area contributed by atoms with Crippen molar-refractivity contribution in [1.82, 2.24) is 0 Å². The van der Waals surface area contributed by atoms with Crippen LogP contribution in [-0.4, -0.2) is 0 Å². The van der Waals surface area contributed by atoms with Crippen LogP contribution >= 0.6 is 7.92 Å². The highest BCUT2D eigenvalue weighted by molar-refractivity contribution is 7.77. The summed E-state index contributed by atoms with van der Waals surface area (Å²) in [5.41, 5.74) is 0. The average Bonchev–Trinajstić information content (AvgIpc) is 2.50. The Hall–Kier alpha value is -1.91. The molecule has 0 aliphatic rings. The van der Waals surface area contributed by atoms with E-state index in [1.165, 1.54) is 15.9 Å². The van der Waals surface area contributed by atoms with Crippen molar-refractivity contribution >= 4 is 18.5 Å². The highest BCUT2D eigenvalue weighted by Gasteiger charge is 2.15. The van der Waals surface area contributed by atoms with E-state index in [0.29, 0.717) is 0 Å². The Bertz CT molecular complexity index is 555. The van der Waals surface area contributed by atoms with Crippen molar-refractivity contribution in [3.63, 3.8) is 0 Å². The van der Waals surface area contributed by atoms with E-state index in [2.05, 4.69) is 92.4 Å². The summed E-state index contributed by atoms with van der Waals surface area (Å²) in [6.45, 7) is 5.91. The molecule has 2 aromatic carbocycles. The maximum atomic E-state index is 3.85. The lowest BCUT2D eigenvalue weighted by Gasteiger charge is -2.20. The first-order valence-corrected chi connectivity index (χ1v) is 8.06. The summed E-state index contributed by atoms with van der Waals surface area (Å²) in [6, 6.07) is 21.4. The van der Waals surface area contributed by atoms with Crippen LogP contribution in [-0.2, 0) is 0 Å². The zero-order valence-corrected chi connectivity index (χ0v) is 12.6. The zero-order chi connectivity index (χ0) is 14.2. The Morgan fingerprint density at radius 1 is 0.900 bits per heavy atom. The minimum atomic E-state index is -0.523. The lowest BCUT2D eigenvalue weighted by molar-refractivity contribution is 1.69. The van der Waals surface area contributed by atoms with Crippen LogP contribution in [0, 0.1) is 0 Å². The molecule has 0 radical (unpaired) electrons. The second-order valence-electron chi connectivity index (χ2n) is 4.33. The predicted octanol–water partition coefficient (Wildman–Crippen LogP) is 4.77. The van der Waals surface area contributed by atoms with E-state index in [4.69, 9.17) is 0 Å². The molecule has 0 aliphatic carbocycles. The molecular formula is C19H19P. The molecule has 0 amide bonds. The van der Waals surface area contributed by atoms with Gasteiger partial charge < -0.3 is 0 Å².